The molecule has 0 aliphatic rings. The summed E-state index contributed by atoms with van der Waals surface area (Å²) in [6, 6.07) is 4.95. The fraction of sp³-hybridized carbons (Fsp3) is 0.357. The molecule has 16 heteroatoms. The van der Waals surface area contributed by atoms with Gasteiger partial charge in [0.05, 0.1) is 12.6 Å². The number of carboxylic acid groups (broad SMARTS) is 1. The van der Waals surface area contributed by atoms with Crippen molar-refractivity contribution in [2.24, 2.45) is 5.73 Å². The van der Waals surface area contributed by atoms with Gasteiger partial charge in [-0.3, -0.25) is 14.4 Å². The number of aromatic nitrogens is 1. The first-order valence-electron chi connectivity index (χ1n) is 13.1. The van der Waals surface area contributed by atoms with Gasteiger partial charge in [0.25, 0.3) is 5.91 Å². The number of rotatable bonds is 15. The van der Waals surface area contributed by atoms with Gasteiger partial charge in [-0.2, -0.15) is 8.78 Å². The third-order valence-corrected chi connectivity index (χ3v) is 5.95. The molecule has 3 rings (SSSR count). The lowest BCUT2D eigenvalue weighted by Gasteiger charge is -2.13. The lowest BCUT2D eigenvalue weighted by molar-refractivity contribution is -0.141. The Morgan fingerprint density at radius 1 is 1.07 bits per heavy atom. The number of unbranched alkanes of at least 4 members (excludes halogenated alkanes) is 1. The van der Waals surface area contributed by atoms with Crippen molar-refractivity contribution in [3.8, 4) is 23.0 Å². The average molecular weight is 647 g/mol. The van der Waals surface area contributed by atoms with Crippen molar-refractivity contribution in [1.82, 2.24) is 15.6 Å². The number of aliphatic carboxylic acids is 1. The van der Waals surface area contributed by atoms with Crippen molar-refractivity contribution < 1.29 is 50.9 Å². The van der Waals surface area contributed by atoms with Crippen molar-refractivity contribution in [2.75, 3.05) is 6.61 Å². The van der Waals surface area contributed by atoms with Crippen LogP contribution in [0.1, 0.15) is 61.0 Å². The van der Waals surface area contributed by atoms with Crippen LogP contribution in [0.5, 0.6) is 11.5 Å². The van der Waals surface area contributed by atoms with Crippen LogP contribution in [-0.2, 0) is 16.1 Å². The summed E-state index contributed by atoms with van der Waals surface area (Å²) in [5.41, 5.74) is 6.02. The molecular formula is C28H31ClF4N4O7. The zero-order valence-electron chi connectivity index (χ0n) is 23.6. The Balaban J connectivity index is 0.00000675. The number of nitrogens with zero attached hydrogens (tertiary/aromatic N) is 1. The van der Waals surface area contributed by atoms with Crippen molar-refractivity contribution in [3.63, 3.8) is 0 Å². The van der Waals surface area contributed by atoms with Gasteiger partial charge in [0, 0.05) is 30.2 Å². The molecule has 240 valence electrons. The van der Waals surface area contributed by atoms with E-state index in [4.69, 9.17) is 20.0 Å². The second-order valence-electron chi connectivity index (χ2n) is 9.41. The Labute approximate surface area is 255 Å². The van der Waals surface area contributed by atoms with E-state index in [2.05, 4.69) is 20.4 Å². The topological polar surface area (TPSA) is 166 Å². The predicted octanol–water partition coefficient (Wildman–Crippen LogP) is 4.73. The summed E-state index contributed by atoms with van der Waals surface area (Å²) in [5.74, 6) is -4.47. The molecule has 1 unspecified atom stereocenters. The predicted molar refractivity (Wildman–Crippen MR) is 151 cm³/mol. The van der Waals surface area contributed by atoms with Crippen LogP contribution in [0.15, 0.2) is 40.8 Å². The molecule has 0 spiro atoms. The molecule has 1 heterocycles. The van der Waals surface area contributed by atoms with Crippen LogP contribution >= 0.6 is 12.4 Å². The first-order chi connectivity index (χ1) is 20.3. The van der Waals surface area contributed by atoms with Crippen molar-refractivity contribution >= 4 is 30.2 Å². The fourth-order valence-corrected chi connectivity index (χ4v) is 3.74. The molecule has 5 N–H and O–H groups in total. The number of ether oxygens (including phenoxy) is 2. The monoisotopic (exact) mass is 646 g/mol. The quantitative estimate of drug-likeness (QED) is 0.135. The Bertz CT molecular complexity index is 1460. The Kier molecular flexibility index (Phi) is 13.4. The molecule has 1 aromatic heterocycles. The average Bonchev–Trinajstić information content (AvgIpc) is 3.39. The van der Waals surface area contributed by atoms with Gasteiger partial charge in [-0.1, -0.05) is 6.07 Å². The maximum atomic E-state index is 14.0. The molecule has 0 saturated heterocycles. The largest absolute Gasteiger partial charge is 0.490 e. The number of carboxylic acids is 1. The molecule has 0 aliphatic heterocycles. The fourth-order valence-electron chi connectivity index (χ4n) is 3.74. The standard InChI is InChI=1S/C28H30F4N4O7.ClH/c1-14(33)24-23(25(38)34-13-17-6-8-18(29)12-19(17)30)36-26(43-24)16-7-9-20(42-28(31)32)21(11-16)41-10-4-3-5-22(37)35-15(2)27(39)40;/h6-9,11-12,14-15,28H,3-5,10,13,33H2,1-2H3,(H,34,38)(H,35,37)(H,39,40);1H/t14-,15?;/m0./s1. The Morgan fingerprint density at radius 3 is 2.43 bits per heavy atom. The zero-order chi connectivity index (χ0) is 31.7. The van der Waals surface area contributed by atoms with Crippen LogP contribution in [0.3, 0.4) is 0 Å². The number of hydrogen-bond donors (Lipinski definition) is 4. The summed E-state index contributed by atoms with van der Waals surface area (Å²) < 4.78 is 69.0. The van der Waals surface area contributed by atoms with E-state index in [0.29, 0.717) is 18.9 Å². The van der Waals surface area contributed by atoms with Gasteiger partial charge in [-0.05, 0) is 51.0 Å². The zero-order valence-corrected chi connectivity index (χ0v) is 24.4. The van der Waals surface area contributed by atoms with Crippen molar-refractivity contribution in [3.05, 3.63) is 65.1 Å². The highest BCUT2D eigenvalue weighted by Crippen LogP contribution is 2.35. The second-order valence-corrected chi connectivity index (χ2v) is 9.41. The molecule has 0 fully saturated rings. The number of nitrogens with two attached hydrogens (primary N) is 1. The molecule has 0 bridgehead atoms. The van der Waals surface area contributed by atoms with Crippen LogP contribution in [0.2, 0.25) is 0 Å². The first kappa shape index (κ1) is 35.8. The minimum absolute atomic E-state index is 0. The van der Waals surface area contributed by atoms with Crippen LogP contribution in [0, 0.1) is 11.6 Å². The third-order valence-electron chi connectivity index (χ3n) is 5.95. The van der Waals surface area contributed by atoms with Gasteiger partial charge in [0.15, 0.2) is 23.0 Å². The number of carbonyl (C=O) groups is 3. The highest BCUT2D eigenvalue weighted by Gasteiger charge is 2.24. The third kappa shape index (κ3) is 10.1. The molecule has 44 heavy (non-hydrogen) atoms. The minimum atomic E-state index is -3.15. The number of alkyl halides is 2. The van der Waals surface area contributed by atoms with E-state index in [1.54, 1.807) is 0 Å². The smallest absolute Gasteiger partial charge is 0.387 e. The van der Waals surface area contributed by atoms with Crippen LogP contribution < -0.4 is 25.8 Å². The number of hydrogen-bond acceptors (Lipinski definition) is 8. The Hall–Kier alpha value is -4.37. The van der Waals surface area contributed by atoms with Gasteiger partial charge < -0.3 is 35.4 Å². The van der Waals surface area contributed by atoms with E-state index in [1.807, 2.05) is 0 Å². The maximum Gasteiger partial charge on any atom is 0.387 e. The van der Waals surface area contributed by atoms with E-state index < -0.39 is 48.1 Å². The molecule has 0 saturated carbocycles. The molecular weight excluding hydrogens is 616 g/mol. The summed E-state index contributed by atoms with van der Waals surface area (Å²) in [6.45, 7) is -0.562. The summed E-state index contributed by atoms with van der Waals surface area (Å²) in [7, 11) is 0. The number of oxazole rings is 1. The van der Waals surface area contributed by atoms with Gasteiger partial charge in [0.1, 0.15) is 17.7 Å². The summed E-state index contributed by atoms with van der Waals surface area (Å²) in [6.07, 6.45) is 0.664. The SMILES string of the molecule is CC(NC(=O)CCCCOc1cc(-c2nc(C(=O)NCc3ccc(F)cc3F)c([C@H](C)N)o2)ccc1OC(F)F)C(=O)O.Cl. The number of amides is 2. The van der Waals surface area contributed by atoms with Crippen LogP contribution in [-0.4, -0.2) is 47.1 Å². The maximum absolute atomic E-state index is 14.0. The van der Waals surface area contributed by atoms with Gasteiger partial charge in [0.2, 0.25) is 11.8 Å². The first-order valence-corrected chi connectivity index (χ1v) is 13.1. The van der Waals surface area contributed by atoms with Crippen molar-refractivity contribution in [1.29, 1.82) is 0 Å². The molecule has 2 amide bonds. The van der Waals surface area contributed by atoms with E-state index in [1.165, 1.54) is 38.1 Å². The van der Waals surface area contributed by atoms with E-state index in [0.717, 1.165) is 6.07 Å². The Morgan fingerprint density at radius 2 is 1.80 bits per heavy atom. The summed E-state index contributed by atoms with van der Waals surface area (Å²) in [5, 5.41) is 13.6. The lowest BCUT2D eigenvalue weighted by Crippen LogP contribution is -2.38. The van der Waals surface area contributed by atoms with Gasteiger partial charge >= 0.3 is 12.6 Å². The molecule has 11 nitrogen and oxygen atoms in total. The minimum Gasteiger partial charge on any atom is -0.490 e. The summed E-state index contributed by atoms with van der Waals surface area (Å²) >= 11 is 0. The number of carbonyl (C=O) groups excluding carboxylic acids is 2. The van der Waals surface area contributed by atoms with Crippen LogP contribution in [0.25, 0.3) is 11.5 Å². The molecule has 2 aromatic carbocycles. The van der Waals surface area contributed by atoms with E-state index >= 15 is 0 Å². The highest BCUT2D eigenvalue weighted by molar-refractivity contribution is 5.94. The molecule has 0 aliphatic carbocycles. The van der Waals surface area contributed by atoms with E-state index in [-0.39, 0.29) is 72.0 Å². The van der Waals surface area contributed by atoms with Crippen molar-refractivity contribution in [2.45, 2.75) is 58.3 Å². The molecule has 2 atom stereocenters. The number of benzene rings is 2. The lowest BCUT2D eigenvalue weighted by atomic mass is 10.2. The van der Waals surface area contributed by atoms with Crippen LogP contribution in [0.4, 0.5) is 17.6 Å². The number of nitrogens with one attached hydrogen (secondary N) is 2. The van der Waals surface area contributed by atoms with E-state index in [9.17, 15) is 31.9 Å². The number of halogens is 5. The summed E-state index contributed by atoms with van der Waals surface area (Å²) in [4.78, 5) is 39.8. The normalized spacial score (nSPS) is 12.2. The molecule has 0 radical (unpaired) electrons. The van der Waals surface area contributed by atoms with Gasteiger partial charge in [-0.25, -0.2) is 13.8 Å². The molecule has 3 aromatic rings. The van der Waals surface area contributed by atoms with Gasteiger partial charge in [-0.15, -0.1) is 12.4 Å². The highest BCUT2D eigenvalue weighted by atomic mass is 35.5. The second kappa shape index (κ2) is 16.5.